The van der Waals surface area contributed by atoms with Gasteiger partial charge in [0.15, 0.2) is 0 Å². The molecule has 0 atom stereocenters. The average Bonchev–Trinajstić information content (AvgIpc) is 3.69. The van der Waals surface area contributed by atoms with Crippen molar-refractivity contribution in [3.05, 3.63) is 23.1 Å². The van der Waals surface area contributed by atoms with Crippen LogP contribution in [0.25, 0.3) is 11.3 Å². The normalized spacial score (nSPS) is 19.1. The second-order valence-corrected chi connectivity index (χ2v) is 13.7. The highest BCUT2D eigenvalue weighted by Gasteiger charge is 2.27. The number of amides is 1. The van der Waals surface area contributed by atoms with Gasteiger partial charge >= 0.3 is 6.09 Å². The van der Waals surface area contributed by atoms with Gasteiger partial charge in [0.25, 0.3) is 0 Å². The highest BCUT2D eigenvalue weighted by Crippen LogP contribution is 2.37. The van der Waals surface area contributed by atoms with Crippen molar-refractivity contribution < 1.29 is 9.53 Å². The lowest BCUT2D eigenvalue weighted by Gasteiger charge is -2.30. The lowest BCUT2D eigenvalue weighted by molar-refractivity contribution is 0.135. The van der Waals surface area contributed by atoms with Crippen LogP contribution >= 0.6 is 11.6 Å². The maximum Gasteiger partial charge on any atom is 0.407 e. The van der Waals surface area contributed by atoms with Gasteiger partial charge in [-0.25, -0.2) is 14.8 Å². The molecule has 1 amide bonds. The third kappa shape index (κ3) is 11.0. The number of aryl methyl sites for hydroxylation is 1. The molecule has 2 aliphatic rings. The van der Waals surface area contributed by atoms with Crippen LogP contribution in [-0.2, 0) is 18.2 Å². The zero-order valence-electron chi connectivity index (χ0n) is 26.2. The standard InChI is InChI=1S/C32H52ClN7O2/c1-32(2,3)39-31(41)42-19-11-9-7-5-6-8-10-18-34-24-14-16-25(17-15-24)37-30-35-22-27(33)29(38-30)26-21-36-40(4)28(26)20-23-12-13-23/h21-25,34H,5-20H2,1-4H3,(H,39,41)(H,35,37,38). The summed E-state index contributed by atoms with van der Waals surface area (Å²) in [6.07, 6.45) is 19.8. The summed E-state index contributed by atoms with van der Waals surface area (Å²) in [7, 11) is 2.00. The number of carbonyl (C=O) groups excluding carboxylic acids is 1. The van der Waals surface area contributed by atoms with Crippen molar-refractivity contribution in [2.75, 3.05) is 18.5 Å². The fraction of sp³-hybridized carbons (Fsp3) is 0.750. The Labute approximate surface area is 257 Å². The maximum absolute atomic E-state index is 11.6. The van der Waals surface area contributed by atoms with Crippen molar-refractivity contribution in [2.24, 2.45) is 13.0 Å². The van der Waals surface area contributed by atoms with Crippen molar-refractivity contribution in [3.63, 3.8) is 0 Å². The molecule has 10 heteroatoms. The summed E-state index contributed by atoms with van der Waals surface area (Å²) in [5.74, 6) is 1.42. The zero-order chi connectivity index (χ0) is 30.0. The summed E-state index contributed by atoms with van der Waals surface area (Å²) in [4.78, 5) is 21.0. The van der Waals surface area contributed by atoms with Crippen LogP contribution in [0.1, 0.15) is 110 Å². The molecule has 2 saturated carbocycles. The molecule has 2 aromatic rings. The van der Waals surface area contributed by atoms with E-state index < -0.39 is 0 Å². The van der Waals surface area contributed by atoms with Crippen molar-refractivity contribution in [1.82, 2.24) is 30.4 Å². The summed E-state index contributed by atoms with van der Waals surface area (Å²) < 4.78 is 7.20. The van der Waals surface area contributed by atoms with Crippen molar-refractivity contribution in [3.8, 4) is 11.3 Å². The average molecular weight is 602 g/mol. The quantitative estimate of drug-likeness (QED) is 0.177. The largest absolute Gasteiger partial charge is 0.450 e. The Hall–Kier alpha value is -2.39. The molecule has 4 rings (SSSR count). The van der Waals surface area contributed by atoms with Gasteiger partial charge in [-0.15, -0.1) is 0 Å². The lowest BCUT2D eigenvalue weighted by Crippen LogP contribution is -2.41. The maximum atomic E-state index is 11.6. The first-order chi connectivity index (χ1) is 20.2. The first-order valence-corrected chi connectivity index (χ1v) is 16.5. The minimum atomic E-state index is -0.317. The van der Waals surface area contributed by atoms with Crippen LogP contribution in [0.3, 0.4) is 0 Å². The number of hydrogen-bond acceptors (Lipinski definition) is 7. The van der Waals surface area contributed by atoms with Gasteiger partial charge in [-0.3, -0.25) is 4.68 Å². The molecule has 2 aromatic heterocycles. The van der Waals surface area contributed by atoms with Crippen molar-refractivity contribution in [1.29, 1.82) is 0 Å². The molecule has 2 aliphatic carbocycles. The Balaban J connectivity index is 1.05. The Morgan fingerprint density at radius 3 is 2.33 bits per heavy atom. The summed E-state index contributed by atoms with van der Waals surface area (Å²) >= 11 is 6.55. The first-order valence-electron chi connectivity index (χ1n) is 16.2. The van der Waals surface area contributed by atoms with Crippen LogP contribution in [0.15, 0.2) is 12.4 Å². The molecule has 2 heterocycles. The fourth-order valence-corrected chi connectivity index (χ4v) is 5.87. The predicted octanol–water partition coefficient (Wildman–Crippen LogP) is 7.05. The number of alkyl carbamates (subject to hydrolysis) is 1. The van der Waals surface area contributed by atoms with E-state index >= 15 is 0 Å². The van der Waals surface area contributed by atoms with Gasteiger partial charge in [0.05, 0.1) is 29.7 Å². The van der Waals surface area contributed by atoms with Gasteiger partial charge in [-0.2, -0.15) is 5.10 Å². The highest BCUT2D eigenvalue weighted by molar-refractivity contribution is 6.32. The molecule has 0 bridgehead atoms. The topological polar surface area (TPSA) is 106 Å². The van der Waals surface area contributed by atoms with E-state index in [-0.39, 0.29) is 11.6 Å². The number of aromatic nitrogens is 4. The van der Waals surface area contributed by atoms with Gasteiger partial charge < -0.3 is 20.7 Å². The van der Waals surface area contributed by atoms with Crippen LogP contribution in [-0.4, -0.2) is 56.6 Å². The van der Waals surface area contributed by atoms with E-state index in [1.54, 1.807) is 6.20 Å². The summed E-state index contributed by atoms with van der Waals surface area (Å²) in [5, 5.41) is 15.2. The van der Waals surface area contributed by atoms with E-state index in [2.05, 4.69) is 26.0 Å². The van der Waals surface area contributed by atoms with Crippen LogP contribution < -0.4 is 16.0 Å². The fourth-order valence-electron chi connectivity index (χ4n) is 5.67. The molecule has 0 unspecified atom stereocenters. The van der Waals surface area contributed by atoms with E-state index in [9.17, 15) is 4.79 Å². The zero-order valence-corrected chi connectivity index (χ0v) is 26.9. The minimum absolute atomic E-state index is 0.249. The molecule has 0 spiro atoms. The first kappa shape index (κ1) is 32.5. The number of unbranched alkanes of at least 4 members (excludes halogenated alkanes) is 6. The van der Waals surface area contributed by atoms with Crippen LogP contribution in [0.2, 0.25) is 5.02 Å². The van der Waals surface area contributed by atoms with Crippen molar-refractivity contribution in [2.45, 2.75) is 128 Å². The molecule has 0 aromatic carbocycles. The molecular weight excluding hydrogens is 550 g/mol. The monoisotopic (exact) mass is 601 g/mol. The van der Waals surface area contributed by atoms with Gasteiger partial charge in [-0.05, 0) is 91.0 Å². The number of anilines is 1. The van der Waals surface area contributed by atoms with Crippen LogP contribution in [0, 0.1) is 5.92 Å². The number of nitrogens with zero attached hydrogens (tertiary/aromatic N) is 4. The Bertz CT molecular complexity index is 1120. The number of halogens is 1. The molecule has 0 saturated heterocycles. The Kier molecular flexibility index (Phi) is 12.3. The number of rotatable bonds is 16. The molecule has 42 heavy (non-hydrogen) atoms. The lowest BCUT2D eigenvalue weighted by atomic mass is 9.91. The molecule has 2 fully saturated rings. The molecule has 234 valence electrons. The SMILES string of the molecule is Cn1ncc(-c2nc(NC3CCC(NCCCCCCCCCOC(=O)NC(C)(C)C)CC3)ncc2Cl)c1CC1CC1. The Morgan fingerprint density at radius 2 is 1.64 bits per heavy atom. The van der Waals surface area contributed by atoms with E-state index in [0.29, 0.717) is 29.7 Å². The Morgan fingerprint density at radius 1 is 0.976 bits per heavy atom. The third-order valence-corrected chi connectivity index (χ3v) is 8.54. The molecular formula is C32H52ClN7O2. The molecule has 0 aliphatic heterocycles. The van der Waals surface area contributed by atoms with E-state index in [4.69, 9.17) is 21.3 Å². The number of hydrogen-bond donors (Lipinski definition) is 3. The number of ether oxygens (including phenoxy) is 1. The van der Waals surface area contributed by atoms with Gasteiger partial charge in [-0.1, -0.05) is 43.7 Å². The molecule has 9 nitrogen and oxygen atoms in total. The van der Waals surface area contributed by atoms with Gasteiger partial charge in [0.2, 0.25) is 5.95 Å². The van der Waals surface area contributed by atoms with Crippen molar-refractivity contribution >= 4 is 23.6 Å². The third-order valence-electron chi connectivity index (χ3n) is 8.26. The predicted molar refractivity (Wildman–Crippen MR) is 170 cm³/mol. The second kappa shape index (κ2) is 15.9. The number of nitrogens with one attached hydrogen (secondary N) is 3. The second-order valence-electron chi connectivity index (χ2n) is 13.3. The molecule has 0 radical (unpaired) electrons. The van der Waals surface area contributed by atoms with Crippen LogP contribution in [0.4, 0.5) is 10.7 Å². The van der Waals surface area contributed by atoms with Crippen LogP contribution in [0.5, 0.6) is 0 Å². The molecule has 3 N–H and O–H groups in total. The van der Waals surface area contributed by atoms with E-state index in [1.165, 1.54) is 63.5 Å². The highest BCUT2D eigenvalue weighted by atomic mass is 35.5. The summed E-state index contributed by atoms with van der Waals surface area (Å²) in [6.45, 7) is 7.46. The van der Waals surface area contributed by atoms with E-state index in [0.717, 1.165) is 55.8 Å². The van der Waals surface area contributed by atoms with Gasteiger partial charge in [0, 0.05) is 35.9 Å². The van der Waals surface area contributed by atoms with E-state index in [1.807, 2.05) is 38.7 Å². The smallest absolute Gasteiger partial charge is 0.407 e. The summed E-state index contributed by atoms with van der Waals surface area (Å²) in [6, 6.07) is 0.982. The number of carbonyl (C=O) groups is 1. The van der Waals surface area contributed by atoms with Gasteiger partial charge in [0.1, 0.15) is 0 Å². The minimum Gasteiger partial charge on any atom is -0.450 e. The summed E-state index contributed by atoms with van der Waals surface area (Å²) in [5.41, 5.74) is 2.77.